The van der Waals surface area contributed by atoms with Gasteiger partial charge in [-0.25, -0.2) is 4.79 Å². The topological polar surface area (TPSA) is 77.8 Å². The molecule has 0 saturated carbocycles. The van der Waals surface area contributed by atoms with Crippen LogP contribution in [0.4, 0.5) is 0 Å². The minimum absolute atomic E-state index is 0.0277. The number of hydrogen-bond acceptors (Lipinski definition) is 3. The lowest BCUT2D eigenvalue weighted by Crippen LogP contribution is -2.15. The molecule has 0 aromatic heterocycles. The number of benzene rings is 1. The maximum absolute atomic E-state index is 10.7. The molecular weight excluding hydrogens is 208 g/mol. The summed E-state index contributed by atoms with van der Waals surface area (Å²) in [5.74, 6) is -1.58. The molecule has 0 aliphatic heterocycles. The predicted molar refractivity (Wildman–Crippen MR) is 59.4 cm³/mol. The molecule has 16 heavy (non-hydrogen) atoms. The molecule has 1 rings (SSSR count). The highest BCUT2D eigenvalue weighted by Crippen LogP contribution is 2.30. The van der Waals surface area contributed by atoms with Crippen molar-refractivity contribution >= 4 is 5.97 Å². The first-order valence-corrected chi connectivity index (χ1v) is 4.97. The highest BCUT2D eigenvalue weighted by Gasteiger charge is 2.22. The van der Waals surface area contributed by atoms with Crippen LogP contribution < -0.4 is 0 Å². The molecule has 4 heteroatoms. The van der Waals surface area contributed by atoms with Crippen molar-refractivity contribution in [2.24, 2.45) is 0 Å². The molecular formula is C12H16O4. The summed E-state index contributed by atoms with van der Waals surface area (Å²) in [4.78, 5) is 10.7. The minimum atomic E-state index is -1.69. The van der Waals surface area contributed by atoms with Crippen molar-refractivity contribution in [1.29, 1.82) is 0 Å². The molecule has 0 bridgehead atoms. The number of carbonyl (C=O) groups is 1. The van der Waals surface area contributed by atoms with Gasteiger partial charge in [0.2, 0.25) is 0 Å². The third-order valence-corrected chi connectivity index (χ3v) is 2.42. The van der Waals surface area contributed by atoms with Gasteiger partial charge in [0.1, 0.15) is 5.75 Å². The minimum Gasteiger partial charge on any atom is -0.508 e. The first kappa shape index (κ1) is 12.5. The molecule has 0 heterocycles. The Kier molecular flexibility index (Phi) is 3.24. The van der Waals surface area contributed by atoms with E-state index in [2.05, 4.69) is 0 Å². The van der Waals surface area contributed by atoms with E-state index in [0.717, 1.165) is 5.56 Å². The average molecular weight is 224 g/mol. The largest absolute Gasteiger partial charge is 0.508 e. The summed E-state index contributed by atoms with van der Waals surface area (Å²) in [6.07, 6.45) is -1.69. The molecule has 0 spiro atoms. The molecule has 4 nitrogen and oxygen atoms in total. The quantitative estimate of drug-likeness (QED) is 0.716. The summed E-state index contributed by atoms with van der Waals surface area (Å²) in [6, 6.07) is 4.64. The van der Waals surface area contributed by atoms with Crippen molar-refractivity contribution < 1.29 is 20.1 Å². The number of carboxylic acid groups (broad SMARTS) is 1. The second kappa shape index (κ2) is 4.14. The SMILES string of the molecule is CC(C)(C)c1ccc(O)c(C(O)C(=O)O)c1. The lowest BCUT2D eigenvalue weighted by atomic mass is 9.85. The van der Waals surface area contributed by atoms with Crippen LogP contribution >= 0.6 is 0 Å². The fourth-order valence-electron chi connectivity index (χ4n) is 1.37. The lowest BCUT2D eigenvalue weighted by Gasteiger charge is -2.21. The number of aliphatic carboxylic acids is 1. The number of aromatic hydroxyl groups is 1. The van der Waals surface area contributed by atoms with Crippen LogP contribution in [-0.2, 0) is 10.2 Å². The lowest BCUT2D eigenvalue weighted by molar-refractivity contribution is -0.147. The Bertz CT molecular complexity index is 404. The van der Waals surface area contributed by atoms with Gasteiger partial charge in [-0.3, -0.25) is 0 Å². The van der Waals surface area contributed by atoms with Crippen molar-refractivity contribution in [3.63, 3.8) is 0 Å². The molecule has 1 unspecified atom stereocenters. The fourth-order valence-corrected chi connectivity index (χ4v) is 1.37. The normalized spacial score (nSPS) is 13.5. The molecule has 1 aromatic carbocycles. The third kappa shape index (κ3) is 2.52. The highest BCUT2D eigenvalue weighted by atomic mass is 16.4. The van der Waals surface area contributed by atoms with Gasteiger partial charge in [0.05, 0.1) is 0 Å². The van der Waals surface area contributed by atoms with Crippen LogP contribution in [0.15, 0.2) is 18.2 Å². The number of aliphatic hydroxyl groups excluding tert-OH is 1. The van der Waals surface area contributed by atoms with Crippen molar-refractivity contribution in [3.05, 3.63) is 29.3 Å². The van der Waals surface area contributed by atoms with Gasteiger partial charge in [-0.05, 0) is 23.1 Å². The van der Waals surface area contributed by atoms with Crippen LogP contribution in [0.3, 0.4) is 0 Å². The van der Waals surface area contributed by atoms with Crippen molar-refractivity contribution in [2.45, 2.75) is 32.3 Å². The van der Waals surface area contributed by atoms with Crippen molar-refractivity contribution in [2.75, 3.05) is 0 Å². The van der Waals surface area contributed by atoms with Crippen LogP contribution in [0.1, 0.15) is 38.0 Å². The van der Waals surface area contributed by atoms with Crippen molar-refractivity contribution in [3.8, 4) is 5.75 Å². The molecule has 0 saturated heterocycles. The van der Waals surface area contributed by atoms with Crippen LogP contribution in [0.5, 0.6) is 5.75 Å². The summed E-state index contributed by atoms with van der Waals surface area (Å²) in [5, 5.41) is 27.6. The number of phenolic OH excluding ortho intramolecular Hbond substituents is 1. The Hall–Kier alpha value is -1.55. The summed E-state index contributed by atoms with van der Waals surface area (Å²) in [5.41, 5.74) is 0.723. The third-order valence-electron chi connectivity index (χ3n) is 2.42. The zero-order valence-electron chi connectivity index (χ0n) is 9.56. The van der Waals surface area contributed by atoms with Crippen LogP contribution in [0.2, 0.25) is 0 Å². The van der Waals surface area contributed by atoms with Crippen molar-refractivity contribution in [1.82, 2.24) is 0 Å². The van der Waals surface area contributed by atoms with Gasteiger partial charge in [0, 0.05) is 5.56 Å². The van der Waals surface area contributed by atoms with Gasteiger partial charge < -0.3 is 15.3 Å². The van der Waals surface area contributed by atoms with Gasteiger partial charge in [0.15, 0.2) is 6.10 Å². The Labute approximate surface area is 94.2 Å². The fraction of sp³-hybridized carbons (Fsp3) is 0.417. The Morgan fingerprint density at radius 1 is 1.31 bits per heavy atom. The average Bonchev–Trinajstić information content (AvgIpc) is 2.15. The van der Waals surface area contributed by atoms with Gasteiger partial charge >= 0.3 is 5.97 Å². The monoisotopic (exact) mass is 224 g/mol. The molecule has 0 fully saturated rings. The first-order chi connectivity index (χ1) is 7.23. The Morgan fingerprint density at radius 2 is 1.88 bits per heavy atom. The zero-order valence-corrected chi connectivity index (χ0v) is 9.56. The van der Waals surface area contributed by atoms with E-state index in [0.29, 0.717) is 0 Å². The van der Waals surface area contributed by atoms with Gasteiger partial charge in [-0.15, -0.1) is 0 Å². The maximum Gasteiger partial charge on any atom is 0.337 e. The van der Waals surface area contributed by atoms with E-state index in [9.17, 15) is 15.0 Å². The number of carboxylic acids is 1. The molecule has 88 valence electrons. The van der Waals surface area contributed by atoms with Crippen LogP contribution in [0, 0.1) is 0 Å². The summed E-state index contributed by atoms with van der Waals surface area (Å²) < 4.78 is 0. The summed E-state index contributed by atoms with van der Waals surface area (Å²) >= 11 is 0. The predicted octanol–water partition coefficient (Wildman–Crippen LogP) is 1.81. The van der Waals surface area contributed by atoms with E-state index in [4.69, 9.17) is 5.11 Å². The standard InChI is InChI=1S/C12H16O4/c1-12(2,3)7-4-5-9(13)8(6-7)10(14)11(15)16/h4-6,10,13-14H,1-3H3,(H,15,16). The van der Waals surface area contributed by atoms with E-state index in [1.807, 2.05) is 20.8 Å². The van der Waals surface area contributed by atoms with Gasteiger partial charge in [-0.2, -0.15) is 0 Å². The summed E-state index contributed by atoms with van der Waals surface area (Å²) in [6.45, 7) is 5.91. The number of rotatable bonds is 2. The maximum atomic E-state index is 10.7. The number of phenols is 1. The van der Waals surface area contributed by atoms with E-state index < -0.39 is 12.1 Å². The van der Waals surface area contributed by atoms with E-state index in [1.165, 1.54) is 12.1 Å². The van der Waals surface area contributed by atoms with E-state index in [-0.39, 0.29) is 16.7 Å². The molecule has 1 atom stereocenters. The number of aliphatic hydroxyl groups is 1. The highest BCUT2D eigenvalue weighted by molar-refractivity contribution is 5.75. The molecule has 0 radical (unpaired) electrons. The first-order valence-electron chi connectivity index (χ1n) is 4.97. The Balaban J connectivity index is 3.24. The molecule has 0 amide bonds. The Morgan fingerprint density at radius 3 is 2.31 bits per heavy atom. The molecule has 0 aliphatic rings. The zero-order chi connectivity index (χ0) is 12.5. The molecule has 3 N–H and O–H groups in total. The molecule has 0 aliphatic carbocycles. The van der Waals surface area contributed by atoms with Crippen LogP contribution in [0.25, 0.3) is 0 Å². The van der Waals surface area contributed by atoms with Crippen LogP contribution in [-0.4, -0.2) is 21.3 Å². The smallest absolute Gasteiger partial charge is 0.337 e. The number of hydrogen-bond donors (Lipinski definition) is 3. The van der Waals surface area contributed by atoms with Gasteiger partial charge in [0.25, 0.3) is 0 Å². The summed E-state index contributed by atoms with van der Waals surface area (Å²) in [7, 11) is 0. The van der Waals surface area contributed by atoms with E-state index in [1.54, 1.807) is 6.07 Å². The van der Waals surface area contributed by atoms with Gasteiger partial charge in [-0.1, -0.05) is 26.8 Å². The second-order valence-electron chi connectivity index (χ2n) is 4.76. The second-order valence-corrected chi connectivity index (χ2v) is 4.76. The van der Waals surface area contributed by atoms with E-state index >= 15 is 0 Å². The molecule has 1 aromatic rings.